The predicted octanol–water partition coefficient (Wildman–Crippen LogP) is 1.38. The fraction of sp³-hybridized carbons (Fsp3) is 0.692. The largest absolute Gasteiger partial charge is 0.355 e. The summed E-state index contributed by atoms with van der Waals surface area (Å²) in [5.74, 6) is 0.829. The zero-order valence-electron chi connectivity index (χ0n) is 12.6. The molecule has 108 valence electrons. The molecular weight excluding hydrogens is 258 g/mol. The summed E-state index contributed by atoms with van der Waals surface area (Å²) in [6.07, 6.45) is 0. The number of aryl methyl sites for hydroxylation is 2. The van der Waals surface area contributed by atoms with Crippen LogP contribution in [-0.4, -0.2) is 49.6 Å². The third-order valence-corrected chi connectivity index (χ3v) is 4.10. The number of nitrogens with one attached hydrogen (secondary N) is 2. The maximum absolute atomic E-state index is 4.50. The molecule has 0 aliphatic heterocycles. The molecule has 0 saturated carbocycles. The van der Waals surface area contributed by atoms with E-state index in [1.165, 1.54) is 4.88 Å². The standard InChI is InChI=1S/C13H25N5S/c1-6-18(5)8-7-15-13(14-4)16-9-12-17-10(2)11(3)19-12/h6-9H2,1-5H3,(H2,14,15,16). The van der Waals surface area contributed by atoms with Gasteiger partial charge in [-0.15, -0.1) is 11.3 Å². The SMILES string of the molecule is CCN(C)CCNC(=NC)NCc1nc(C)c(C)s1. The van der Waals surface area contributed by atoms with Gasteiger partial charge in [-0.05, 0) is 27.4 Å². The molecule has 0 fully saturated rings. The van der Waals surface area contributed by atoms with E-state index in [1.54, 1.807) is 18.4 Å². The second kappa shape index (κ2) is 8.12. The summed E-state index contributed by atoms with van der Waals surface area (Å²) in [5.41, 5.74) is 1.12. The normalized spacial score (nSPS) is 12.0. The smallest absolute Gasteiger partial charge is 0.191 e. The average Bonchev–Trinajstić information content (AvgIpc) is 2.72. The lowest BCUT2D eigenvalue weighted by atomic mass is 10.4. The molecule has 19 heavy (non-hydrogen) atoms. The van der Waals surface area contributed by atoms with Crippen molar-refractivity contribution in [3.63, 3.8) is 0 Å². The van der Waals surface area contributed by atoms with Crippen LogP contribution in [0, 0.1) is 13.8 Å². The average molecular weight is 283 g/mol. The van der Waals surface area contributed by atoms with Gasteiger partial charge in [0.05, 0.1) is 12.2 Å². The van der Waals surface area contributed by atoms with Gasteiger partial charge >= 0.3 is 0 Å². The summed E-state index contributed by atoms with van der Waals surface area (Å²) in [6, 6.07) is 0. The summed E-state index contributed by atoms with van der Waals surface area (Å²) >= 11 is 1.73. The highest BCUT2D eigenvalue weighted by molar-refractivity contribution is 7.11. The molecule has 6 heteroatoms. The zero-order valence-corrected chi connectivity index (χ0v) is 13.4. The van der Waals surface area contributed by atoms with Gasteiger partial charge in [0.25, 0.3) is 0 Å². The summed E-state index contributed by atoms with van der Waals surface area (Å²) in [6.45, 7) is 9.98. The third-order valence-electron chi connectivity index (χ3n) is 3.03. The molecule has 0 unspecified atom stereocenters. The Morgan fingerprint density at radius 3 is 2.63 bits per heavy atom. The Morgan fingerprint density at radius 1 is 1.37 bits per heavy atom. The summed E-state index contributed by atoms with van der Waals surface area (Å²) in [7, 11) is 3.90. The van der Waals surface area contributed by atoms with Crippen molar-refractivity contribution in [2.75, 3.05) is 33.7 Å². The van der Waals surface area contributed by atoms with E-state index in [9.17, 15) is 0 Å². The van der Waals surface area contributed by atoms with Crippen LogP contribution in [0.2, 0.25) is 0 Å². The topological polar surface area (TPSA) is 52.5 Å². The van der Waals surface area contributed by atoms with Crippen molar-refractivity contribution in [3.8, 4) is 0 Å². The Balaban J connectivity index is 2.33. The number of rotatable bonds is 6. The summed E-state index contributed by atoms with van der Waals surface area (Å²) < 4.78 is 0. The Hall–Kier alpha value is -1.14. The number of likely N-dealkylation sites (N-methyl/N-ethyl adjacent to an activating group) is 1. The first kappa shape index (κ1) is 15.9. The van der Waals surface area contributed by atoms with Crippen molar-refractivity contribution < 1.29 is 0 Å². The van der Waals surface area contributed by atoms with Crippen molar-refractivity contribution in [3.05, 3.63) is 15.6 Å². The quantitative estimate of drug-likeness (QED) is 0.612. The minimum absolute atomic E-state index is 0.725. The predicted molar refractivity (Wildman–Crippen MR) is 83.0 cm³/mol. The van der Waals surface area contributed by atoms with Crippen LogP contribution in [0.1, 0.15) is 22.5 Å². The highest BCUT2D eigenvalue weighted by atomic mass is 32.1. The Kier molecular flexibility index (Phi) is 6.80. The summed E-state index contributed by atoms with van der Waals surface area (Å²) in [5, 5.41) is 7.69. The molecular formula is C13H25N5S. The van der Waals surface area contributed by atoms with Crippen LogP contribution in [0.4, 0.5) is 0 Å². The molecule has 0 bridgehead atoms. The first-order valence-corrected chi connectivity index (χ1v) is 7.44. The second-order valence-corrected chi connectivity index (χ2v) is 5.79. The van der Waals surface area contributed by atoms with Gasteiger partial charge in [0.2, 0.25) is 0 Å². The number of hydrogen-bond acceptors (Lipinski definition) is 4. The van der Waals surface area contributed by atoms with Gasteiger partial charge in [0.15, 0.2) is 5.96 Å². The Bertz CT molecular complexity index is 394. The molecule has 1 rings (SSSR count). The first-order valence-electron chi connectivity index (χ1n) is 6.62. The Morgan fingerprint density at radius 2 is 2.11 bits per heavy atom. The van der Waals surface area contributed by atoms with E-state index in [1.807, 2.05) is 6.92 Å². The van der Waals surface area contributed by atoms with Crippen LogP contribution in [0.5, 0.6) is 0 Å². The van der Waals surface area contributed by atoms with Crippen molar-refractivity contribution >= 4 is 17.3 Å². The lowest BCUT2D eigenvalue weighted by Crippen LogP contribution is -2.40. The van der Waals surface area contributed by atoms with Crippen LogP contribution in [-0.2, 0) is 6.54 Å². The molecule has 1 aromatic rings. The van der Waals surface area contributed by atoms with Crippen molar-refractivity contribution in [2.24, 2.45) is 4.99 Å². The number of hydrogen-bond donors (Lipinski definition) is 2. The maximum atomic E-state index is 4.50. The van der Waals surface area contributed by atoms with E-state index < -0.39 is 0 Å². The molecule has 1 heterocycles. The minimum Gasteiger partial charge on any atom is -0.355 e. The van der Waals surface area contributed by atoms with E-state index in [0.717, 1.165) is 42.8 Å². The zero-order chi connectivity index (χ0) is 14.3. The van der Waals surface area contributed by atoms with Crippen LogP contribution in [0.25, 0.3) is 0 Å². The van der Waals surface area contributed by atoms with Gasteiger partial charge in [-0.1, -0.05) is 6.92 Å². The number of guanidine groups is 1. The number of aromatic nitrogens is 1. The second-order valence-electron chi connectivity index (χ2n) is 4.50. The fourth-order valence-corrected chi connectivity index (χ4v) is 2.39. The van der Waals surface area contributed by atoms with Gasteiger partial charge in [-0.2, -0.15) is 0 Å². The van der Waals surface area contributed by atoms with E-state index in [4.69, 9.17) is 0 Å². The molecule has 2 N–H and O–H groups in total. The highest BCUT2D eigenvalue weighted by Gasteiger charge is 2.04. The molecule has 5 nitrogen and oxygen atoms in total. The van der Waals surface area contributed by atoms with Gasteiger partial charge < -0.3 is 15.5 Å². The molecule has 0 aliphatic carbocycles. The van der Waals surface area contributed by atoms with Crippen molar-refractivity contribution in [2.45, 2.75) is 27.3 Å². The molecule has 0 atom stereocenters. The fourth-order valence-electron chi connectivity index (χ4n) is 1.52. The first-order chi connectivity index (χ1) is 9.06. The number of aliphatic imine (C=N–C) groups is 1. The lowest BCUT2D eigenvalue weighted by Gasteiger charge is -2.16. The van der Waals surface area contributed by atoms with Gasteiger partial charge in [0.1, 0.15) is 5.01 Å². The van der Waals surface area contributed by atoms with Gasteiger partial charge in [-0.25, -0.2) is 4.98 Å². The molecule has 0 radical (unpaired) electrons. The number of thiazole rings is 1. The molecule has 0 aliphatic rings. The van der Waals surface area contributed by atoms with Crippen LogP contribution >= 0.6 is 11.3 Å². The molecule has 1 aromatic heterocycles. The van der Waals surface area contributed by atoms with E-state index in [2.05, 4.69) is 46.4 Å². The van der Waals surface area contributed by atoms with Crippen LogP contribution < -0.4 is 10.6 Å². The highest BCUT2D eigenvalue weighted by Crippen LogP contribution is 2.15. The molecule has 0 saturated heterocycles. The van der Waals surface area contributed by atoms with Crippen LogP contribution in [0.15, 0.2) is 4.99 Å². The summed E-state index contributed by atoms with van der Waals surface area (Å²) in [4.78, 5) is 12.3. The van der Waals surface area contributed by atoms with Gasteiger partial charge in [-0.3, -0.25) is 4.99 Å². The maximum Gasteiger partial charge on any atom is 0.191 e. The van der Waals surface area contributed by atoms with Crippen LogP contribution in [0.3, 0.4) is 0 Å². The monoisotopic (exact) mass is 283 g/mol. The molecule has 0 aromatic carbocycles. The Labute approximate surface area is 120 Å². The van der Waals surface area contributed by atoms with Gasteiger partial charge in [0, 0.05) is 25.0 Å². The van der Waals surface area contributed by atoms with E-state index in [0.29, 0.717) is 0 Å². The van der Waals surface area contributed by atoms with E-state index in [-0.39, 0.29) is 0 Å². The minimum atomic E-state index is 0.725. The molecule has 0 amide bonds. The third kappa shape index (κ3) is 5.57. The number of nitrogens with zero attached hydrogens (tertiary/aromatic N) is 3. The molecule has 0 spiro atoms. The lowest BCUT2D eigenvalue weighted by molar-refractivity contribution is 0.357. The van der Waals surface area contributed by atoms with E-state index >= 15 is 0 Å². The van der Waals surface area contributed by atoms with Crippen molar-refractivity contribution in [1.82, 2.24) is 20.5 Å². The van der Waals surface area contributed by atoms with Crippen molar-refractivity contribution in [1.29, 1.82) is 0 Å².